The average Bonchev–Trinajstić information content (AvgIpc) is 2.17. The second-order valence-corrected chi connectivity index (χ2v) is 4.31. The Hall–Kier alpha value is -0.540. The Balaban J connectivity index is 2.39. The van der Waals surface area contributed by atoms with E-state index in [4.69, 9.17) is 0 Å². The van der Waals surface area contributed by atoms with Crippen LogP contribution in [-0.2, 0) is 4.79 Å². The Morgan fingerprint density at radius 2 is 1.73 bits per heavy atom. The lowest BCUT2D eigenvalue weighted by molar-refractivity contribution is -0.184. The van der Waals surface area contributed by atoms with Crippen molar-refractivity contribution >= 4 is 5.78 Å². The minimum atomic E-state index is -4.07. The van der Waals surface area contributed by atoms with Crippen molar-refractivity contribution in [2.24, 2.45) is 11.8 Å². The summed E-state index contributed by atoms with van der Waals surface area (Å²) in [5.74, 6) is -1.13. The Morgan fingerprint density at radius 1 is 1.20 bits per heavy atom. The Labute approximate surface area is 88.0 Å². The molecule has 15 heavy (non-hydrogen) atoms. The van der Waals surface area contributed by atoms with Gasteiger partial charge >= 0.3 is 6.18 Å². The van der Waals surface area contributed by atoms with Gasteiger partial charge in [0.2, 0.25) is 0 Å². The number of ketones is 1. The molecule has 0 amide bonds. The van der Waals surface area contributed by atoms with Gasteiger partial charge in [-0.3, -0.25) is 4.79 Å². The molecule has 0 spiro atoms. The molecular formula is C11H17F3O. The highest BCUT2D eigenvalue weighted by atomic mass is 19.4. The first-order valence-electron chi connectivity index (χ1n) is 5.54. The molecule has 0 aromatic carbocycles. The second kappa shape index (κ2) is 4.99. The fraction of sp³-hybridized carbons (Fsp3) is 0.909. The van der Waals surface area contributed by atoms with E-state index < -0.39 is 12.1 Å². The van der Waals surface area contributed by atoms with Gasteiger partial charge < -0.3 is 0 Å². The maximum absolute atomic E-state index is 12.3. The van der Waals surface area contributed by atoms with Crippen molar-refractivity contribution in [1.82, 2.24) is 0 Å². The number of carbonyl (C=O) groups is 1. The lowest BCUT2D eigenvalue weighted by Gasteiger charge is -2.28. The summed E-state index contributed by atoms with van der Waals surface area (Å²) < 4.78 is 37.0. The molecule has 0 atom stereocenters. The van der Waals surface area contributed by atoms with Gasteiger partial charge in [-0.2, -0.15) is 13.2 Å². The van der Waals surface area contributed by atoms with E-state index in [9.17, 15) is 18.0 Å². The van der Waals surface area contributed by atoms with Gasteiger partial charge in [0.05, 0.1) is 5.92 Å². The molecule has 0 N–H and O–H groups in total. The first-order chi connectivity index (χ1) is 6.95. The molecule has 0 radical (unpaired) electrons. The molecular weight excluding hydrogens is 205 g/mol. The Bertz CT molecular complexity index is 214. The summed E-state index contributed by atoms with van der Waals surface area (Å²) >= 11 is 0. The van der Waals surface area contributed by atoms with Gasteiger partial charge in [0.15, 0.2) is 0 Å². The zero-order valence-corrected chi connectivity index (χ0v) is 8.94. The summed E-state index contributed by atoms with van der Waals surface area (Å²) in [5.41, 5.74) is 0. The third kappa shape index (κ3) is 3.50. The highest BCUT2D eigenvalue weighted by molar-refractivity contribution is 5.80. The average molecular weight is 222 g/mol. The summed E-state index contributed by atoms with van der Waals surface area (Å²) in [6, 6.07) is 0. The maximum Gasteiger partial charge on any atom is 0.391 e. The third-order valence-corrected chi connectivity index (χ3v) is 3.14. The fourth-order valence-corrected chi connectivity index (χ4v) is 2.19. The van der Waals surface area contributed by atoms with Crippen LogP contribution in [0.2, 0.25) is 0 Å². The van der Waals surface area contributed by atoms with Gasteiger partial charge in [0.25, 0.3) is 0 Å². The topological polar surface area (TPSA) is 17.1 Å². The number of Topliss-reactive ketones (excluding diaryl/α,β-unsaturated/α-hetero) is 1. The highest BCUT2D eigenvalue weighted by Gasteiger charge is 2.42. The normalized spacial score (nSPS) is 27.7. The van der Waals surface area contributed by atoms with Crippen molar-refractivity contribution in [3.63, 3.8) is 0 Å². The van der Waals surface area contributed by atoms with Crippen LogP contribution in [0.3, 0.4) is 0 Å². The molecule has 1 fully saturated rings. The molecule has 0 aliphatic heterocycles. The summed E-state index contributed by atoms with van der Waals surface area (Å²) in [6.45, 7) is 1.92. The zero-order chi connectivity index (χ0) is 11.5. The van der Waals surface area contributed by atoms with Crippen LogP contribution in [0.1, 0.15) is 45.4 Å². The largest absolute Gasteiger partial charge is 0.391 e. The number of alkyl halides is 3. The predicted molar refractivity (Wildman–Crippen MR) is 51.4 cm³/mol. The quantitative estimate of drug-likeness (QED) is 0.711. The number of rotatable bonds is 3. The van der Waals surface area contributed by atoms with Crippen molar-refractivity contribution in [2.75, 3.05) is 0 Å². The Kier molecular flexibility index (Phi) is 4.17. The van der Waals surface area contributed by atoms with E-state index in [2.05, 4.69) is 0 Å². The molecule has 0 bridgehead atoms. The first-order valence-corrected chi connectivity index (χ1v) is 5.54. The lowest BCUT2D eigenvalue weighted by atomic mass is 9.79. The fourth-order valence-electron chi connectivity index (χ4n) is 2.19. The minimum absolute atomic E-state index is 0.108. The molecule has 1 rings (SSSR count). The van der Waals surface area contributed by atoms with Gasteiger partial charge in [-0.25, -0.2) is 0 Å². The predicted octanol–water partition coefficient (Wildman–Crippen LogP) is 3.72. The van der Waals surface area contributed by atoms with Crippen LogP contribution in [0.15, 0.2) is 0 Å². The SMILES string of the molecule is CCCC(=O)C1CCC(C(F)(F)F)CC1. The molecule has 1 aliphatic carbocycles. The van der Waals surface area contributed by atoms with Crippen LogP contribution in [0.5, 0.6) is 0 Å². The van der Waals surface area contributed by atoms with Crippen molar-refractivity contribution < 1.29 is 18.0 Å². The molecule has 1 aliphatic rings. The van der Waals surface area contributed by atoms with Crippen LogP contribution in [0, 0.1) is 11.8 Å². The van der Waals surface area contributed by atoms with Crippen molar-refractivity contribution in [3.05, 3.63) is 0 Å². The van der Waals surface area contributed by atoms with E-state index in [1.807, 2.05) is 6.92 Å². The molecule has 0 unspecified atom stereocenters. The van der Waals surface area contributed by atoms with Crippen LogP contribution >= 0.6 is 0 Å². The molecule has 0 aromatic heterocycles. The summed E-state index contributed by atoms with van der Waals surface area (Å²) in [7, 11) is 0. The van der Waals surface area contributed by atoms with Crippen molar-refractivity contribution in [2.45, 2.75) is 51.6 Å². The van der Waals surface area contributed by atoms with Crippen LogP contribution in [0.4, 0.5) is 13.2 Å². The van der Waals surface area contributed by atoms with E-state index in [0.717, 1.165) is 6.42 Å². The molecule has 88 valence electrons. The molecule has 1 nitrogen and oxygen atoms in total. The molecule has 0 aromatic rings. The van der Waals surface area contributed by atoms with Crippen molar-refractivity contribution in [1.29, 1.82) is 0 Å². The van der Waals surface area contributed by atoms with Gasteiger partial charge in [-0.1, -0.05) is 6.92 Å². The van der Waals surface area contributed by atoms with E-state index in [-0.39, 0.29) is 24.5 Å². The second-order valence-electron chi connectivity index (χ2n) is 4.31. The van der Waals surface area contributed by atoms with E-state index in [1.54, 1.807) is 0 Å². The van der Waals surface area contributed by atoms with Crippen LogP contribution in [0.25, 0.3) is 0 Å². The molecule has 1 saturated carbocycles. The maximum atomic E-state index is 12.3. The lowest BCUT2D eigenvalue weighted by Crippen LogP contribution is -2.30. The zero-order valence-electron chi connectivity index (χ0n) is 8.94. The highest BCUT2D eigenvalue weighted by Crippen LogP contribution is 2.39. The van der Waals surface area contributed by atoms with Gasteiger partial charge in [-0.15, -0.1) is 0 Å². The van der Waals surface area contributed by atoms with E-state index in [0.29, 0.717) is 19.3 Å². The molecule has 0 heterocycles. The molecule has 4 heteroatoms. The summed E-state index contributed by atoms with van der Waals surface area (Å²) in [5, 5.41) is 0. The number of carbonyl (C=O) groups excluding carboxylic acids is 1. The smallest absolute Gasteiger partial charge is 0.299 e. The van der Waals surface area contributed by atoms with E-state index >= 15 is 0 Å². The summed E-state index contributed by atoms with van der Waals surface area (Å²) in [4.78, 5) is 11.5. The van der Waals surface area contributed by atoms with Crippen molar-refractivity contribution in [3.8, 4) is 0 Å². The number of halogens is 3. The van der Waals surface area contributed by atoms with Gasteiger partial charge in [0, 0.05) is 12.3 Å². The standard InChI is InChI=1S/C11H17F3O/c1-2-3-10(15)8-4-6-9(7-5-8)11(12,13)14/h8-9H,2-7H2,1H3. The third-order valence-electron chi connectivity index (χ3n) is 3.14. The monoisotopic (exact) mass is 222 g/mol. The van der Waals surface area contributed by atoms with Crippen LogP contribution in [-0.4, -0.2) is 12.0 Å². The van der Waals surface area contributed by atoms with E-state index in [1.165, 1.54) is 0 Å². The van der Waals surface area contributed by atoms with Gasteiger partial charge in [0.1, 0.15) is 5.78 Å². The number of hydrogen-bond acceptors (Lipinski definition) is 1. The summed E-state index contributed by atoms with van der Waals surface area (Å²) in [6.07, 6.45) is -1.67. The molecule has 0 saturated heterocycles. The van der Waals surface area contributed by atoms with Gasteiger partial charge in [-0.05, 0) is 32.1 Å². The minimum Gasteiger partial charge on any atom is -0.299 e. The number of hydrogen-bond donors (Lipinski definition) is 0. The van der Waals surface area contributed by atoms with Crippen LogP contribution < -0.4 is 0 Å². The Morgan fingerprint density at radius 3 is 2.13 bits per heavy atom. The first kappa shape index (κ1) is 12.5.